The highest BCUT2D eigenvalue weighted by Gasteiger charge is 1.88. The van der Waals surface area contributed by atoms with Gasteiger partial charge >= 0.3 is 6.03 Å². The standard InChI is InChI=1S/C2H2N4O2/c3-6-5-2(8)4-1-7/h1H,(H,4,7,8). The van der Waals surface area contributed by atoms with Crippen LogP contribution in [0.1, 0.15) is 0 Å². The van der Waals surface area contributed by atoms with Gasteiger partial charge in [0.15, 0.2) is 0 Å². The Bertz CT molecular complexity index is 146. The highest BCUT2D eigenvalue weighted by molar-refractivity contribution is 5.84. The van der Waals surface area contributed by atoms with Gasteiger partial charge in [-0.05, 0) is 5.53 Å². The van der Waals surface area contributed by atoms with Crippen molar-refractivity contribution in [2.75, 3.05) is 0 Å². The summed E-state index contributed by atoms with van der Waals surface area (Å²) in [5, 5.41) is 4.12. The van der Waals surface area contributed by atoms with E-state index < -0.39 is 6.03 Å². The average Bonchev–Trinajstić information content (AvgIpc) is 1.68. The molecule has 0 saturated heterocycles. The second-order valence-electron chi connectivity index (χ2n) is 0.757. The topological polar surface area (TPSA) is 94.9 Å². The summed E-state index contributed by atoms with van der Waals surface area (Å²) in [6, 6.07) is -0.998. The quantitative estimate of drug-likeness (QED) is 0.227. The first-order chi connectivity index (χ1) is 3.81. The number of hydrogen-bond acceptors (Lipinski definition) is 2. The van der Waals surface area contributed by atoms with Crippen LogP contribution >= 0.6 is 0 Å². The molecule has 0 aromatic rings. The molecule has 42 valence electrons. The third-order valence-corrected chi connectivity index (χ3v) is 0.318. The molecule has 0 unspecified atom stereocenters. The summed E-state index contributed by atoms with van der Waals surface area (Å²) < 4.78 is 0. The Hall–Kier alpha value is -1.55. The van der Waals surface area contributed by atoms with E-state index in [1.165, 1.54) is 0 Å². The van der Waals surface area contributed by atoms with Crippen molar-refractivity contribution in [3.63, 3.8) is 0 Å². The Morgan fingerprint density at radius 2 is 2.50 bits per heavy atom. The van der Waals surface area contributed by atoms with E-state index in [9.17, 15) is 9.59 Å². The number of urea groups is 1. The number of nitrogens with one attached hydrogen (secondary N) is 1. The highest BCUT2D eigenvalue weighted by Crippen LogP contribution is 1.68. The van der Waals surface area contributed by atoms with E-state index in [-0.39, 0.29) is 6.41 Å². The molecule has 0 aliphatic heterocycles. The third kappa shape index (κ3) is 2.67. The second kappa shape index (κ2) is 3.63. The molecule has 0 heterocycles. The van der Waals surface area contributed by atoms with Crippen molar-refractivity contribution in [3.05, 3.63) is 10.4 Å². The molecule has 0 aromatic heterocycles. The number of azide groups is 1. The first kappa shape index (κ1) is 6.45. The van der Waals surface area contributed by atoms with Crippen LogP contribution in [0.5, 0.6) is 0 Å². The minimum Gasteiger partial charge on any atom is -0.293 e. The number of hydrogen-bond donors (Lipinski definition) is 1. The predicted molar refractivity (Wildman–Crippen MR) is 23.7 cm³/mol. The molecule has 6 heteroatoms. The Balaban J connectivity index is 3.65. The smallest absolute Gasteiger partial charge is 0.293 e. The summed E-state index contributed by atoms with van der Waals surface area (Å²) in [4.78, 5) is 21.4. The maximum absolute atomic E-state index is 9.88. The monoisotopic (exact) mass is 114 g/mol. The Morgan fingerprint density at radius 1 is 1.88 bits per heavy atom. The zero-order valence-corrected chi connectivity index (χ0v) is 3.74. The van der Waals surface area contributed by atoms with Crippen LogP contribution < -0.4 is 5.32 Å². The van der Waals surface area contributed by atoms with Gasteiger partial charge in [0.05, 0.1) is 0 Å². The number of rotatable bonds is 1. The highest BCUT2D eigenvalue weighted by atomic mass is 16.2. The van der Waals surface area contributed by atoms with Crippen molar-refractivity contribution in [2.45, 2.75) is 0 Å². The molecule has 1 N–H and O–H groups in total. The molecule has 0 saturated carbocycles. The molecule has 0 aliphatic rings. The fourth-order valence-electron chi connectivity index (χ4n) is 0.120. The molecular weight excluding hydrogens is 112 g/mol. The molecule has 6 nitrogen and oxygen atoms in total. The van der Waals surface area contributed by atoms with E-state index in [2.05, 4.69) is 10.0 Å². The minimum absolute atomic E-state index is 0.136. The van der Waals surface area contributed by atoms with Crippen molar-refractivity contribution in [3.8, 4) is 0 Å². The molecule has 0 aliphatic carbocycles. The van der Waals surface area contributed by atoms with Crippen LogP contribution in [0.4, 0.5) is 4.79 Å². The van der Waals surface area contributed by atoms with E-state index in [0.29, 0.717) is 0 Å². The van der Waals surface area contributed by atoms with E-state index in [4.69, 9.17) is 5.53 Å². The molecular formula is C2H2N4O2. The first-order valence-corrected chi connectivity index (χ1v) is 1.60. The van der Waals surface area contributed by atoms with Gasteiger partial charge in [0.2, 0.25) is 6.41 Å². The SMILES string of the molecule is [N-]=[N+]=NC(=O)NC=O. The normalized spacial score (nSPS) is 6.50. The Labute approximate surface area is 44.1 Å². The maximum Gasteiger partial charge on any atom is 0.314 e. The summed E-state index contributed by atoms with van der Waals surface area (Å²) in [5.74, 6) is 0. The van der Waals surface area contributed by atoms with Gasteiger partial charge < -0.3 is 0 Å². The molecule has 0 aromatic carbocycles. The van der Waals surface area contributed by atoms with Gasteiger partial charge in [0.25, 0.3) is 0 Å². The lowest BCUT2D eigenvalue weighted by atomic mass is 11.0. The van der Waals surface area contributed by atoms with Gasteiger partial charge in [-0.25, -0.2) is 0 Å². The van der Waals surface area contributed by atoms with Crippen LogP contribution in [-0.4, -0.2) is 12.4 Å². The van der Waals surface area contributed by atoms with Crippen molar-refractivity contribution in [2.24, 2.45) is 5.11 Å². The summed E-state index contributed by atoms with van der Waals surface area (Å²) >= 11 is 0. The van der Waals surface area contributed by atoms with Crippen LogP contribution in [0.25, 0.3) is 10.4 Å². The Kier molecular flexibility index (Phi) is 2.93. The molecule has 0 fully saturated rings. The van der Waals surface area contributed by atoms with Crippen molar-refractivity contribution < 1.29 is 9.59 Å². The number of nitrogens with zero attached hydrogens (tertiary/aromatic N) is 3. The molecule has 0 bridgehead atoms. The summed E-state index contributed by atoms with van der Waals surface area (Å²) in [5.41, 5.74) is 7.54. The number of imide groups is 1. The lowest BCUT2D eigenvalue weighted by Gasteiger charge is -1.79. The molecule has 8 heavy (non-hydrogen) atoms. The van der Waals surface area contributed by atoms with E-state index in [1.807, 2.05) is 0 Å². The van der Waals surface area contributed by atoms with E-state index >= 15 is 0 Å². The predicted octanol–water partition coefficient (Wildman–Crippen LogP) is 0.163. The summed E-state index contributed by atoms with van der Waals surface area (Å²) in [7, 11) is 0. The minimum atomic E-state index is -0.998. The largest absolute Gasteiger partial charge is 0.314 e. The third-order valence-electron chi connectivity index (χ3n) is 0.318. The first-order valence-electron chi connectivity index (χ1n) is 1.60. The van der Waals surface area contributed by atoms with Crippen LogP contribution in [0.3, 0.4) is 0 Å². The van der Waals surface area contributed by atoms with Gasteiger partial charge in [-0.1, -0.05) is 0 Å². The van der Waals surface area contributed by atoms with Crippen molar-refractivity contribution in [1.29, 1.82) is 0 Å². The molecule has 0 rings (SSSR count). The van der Waals surface area contributed by atoms with Crippen LogP contribution in [0.15, 0.2) is 5.11 Å². The lowest BCUT2D eigenvalue weighted by Crippen LogP contribution is -2.15. The summed E-state index contributed by atoms with van der Waals surface area (Å²) in [6.45, 7) is 0. The van der Waals surface area contributed by atoms with Gasteiger partial charge in [0, 0.05) is 10.0 Å². The molecule has 3 amide bonds. The average molecular weight is 114 g/mol. The zero-order valence-electron chi connectivity index (χ0n) is 3.74. The van der Waals surface area contributed by atoms with Crippen LogP contribution in [0.2, 0.25) is 0 Å². The fourth-order valence-corrected chi connectivity index (χ4v) is 0.120. The van der Waals surface area contributed by atoms with E-state index in [1.54, 1.807) is 5.32 Å². The summed E-state index contributed by atoms with van der Waals surface area (Å²) in [6.07, 6.45) is 0.136. The van der Waals surface area contributed by atoms with Crippen molar-refractivity contribution in [1.82, 2.24) is 5.32 Å². The van der Waals surface area contributed by atoms with Gasteiger partial charge in [0.1, 0.15) is 0 Å². The van der Waals surface area contributed by atoms with Crippen molar-refractivity contribution >= 4 is 12.4 Å². The molecule has 0 atom stereocenters. The van der Waals surface area contributed by atoms with Gasteiger partial charge in [-0.3, -0.25) is 14.9 Å². The van der Waals surface area contributed by atoms with Gasteiger partial charge in [-0.15, -0.1) is 0 Å². The van der Waals surface area contributed by atoms with Gasteiger partial charge in [-0.2, -0.15) is 0 Å². The number of carbonyl (C=O) groups excluding carboxylic acids is 2. The Morgan fingerprint density at radius 3 is 2.88 bits per heavy atom. The molecule has 0 radical (unpaired) electrons. The number of amides is 3. The van der Waals surface area contributed by atoms with Crippen LogP contribution in [0, 0.1) is 0 Å². The zero-order chi connectivity index (χ0) is 6.41. The molecule has 0 spiro atoms. The fraction of sp³-hybridized carbons (Fsp3) is 0. The lowest BCUT2D eigenvalue weighted by molar-refractivity contribution is -0.108. The maximum atomic E-state index is 9.88. The number of carbonyl (C=O) groups is 2. The van der Waals surface area contributed by atoms with E-state index in [0.717, 1.165) is 0 Å². The van der Waals surface area contributed by atoms with Crippen LogP contribution in [-0.2, 0) is 4.79 Å². The second-order valence-corrected chi connectivity index (χ2v) is 0.757.